The van der Waals surface area contributed by atoms with Crippen LogP contribution in [-0.4, -0.2) is 67.1 Å². The predicted octanol–water partition coefficient (Wildman–Crippen LogP) is 2.45. The number of rotatable bonds is 6. The minimum absolute atomic E-state index is 0.0332. The summed E-state index contributed by atoms with van der Waals surface area (Å²) in [6.07, 6.45) is 0.768. The summed E-state index contributed by atoms with van der Waals surface area (Å²) in [7, 11) is 0. The van der Waals surface area contributed by atoms with Crippen molar-refractivity contribution in [2.45, 2.75) is 37.5 Å². The van der Waals surface area contributed by atoms with Gasteiger partial charge in [0.1, 0.15) is 23.8 Å². The fraction of sp³-hybridized carbons (Fsp3) is 0.409. The lowest BCUT2D eigenvalue weighted by Gasteiger charge is -2.31. The van der Waals surface area contributed by atoms with Crippen LogP contribution in [0.1, 0.15) is 35.7 Å². The molecule has 3 atom stereocenters. The molecule has 1 aliphatic carbocycles. The molecule has 4 N–H and O–H groups in total. The molecule has 1 aliphatic heterocycles. The number of piperidine rings is 1. The quantitative estimate of drug-likeness (QED) is 0.408. The molecule has 3 aromatic rings. The lowest BCUT2D eigenvalue weighted by Crippen LogP contribution is -2.34. The number of carbonyl (C=O) groups is 2. The first kappa shape index (κ1) is 26.1. The van der Waals surface area contributed by atoms with Gasteiger partial charge in [0.2, 0.25) is 5.88 Å². The van der Waals surface area contributed by atoms with Gasteiger partial charge in [0, 0.05) is 24.3 Å². The van der Waals surface area contributed by atoms with Crippen LogP contribution in [0.4, 0.5) is 23.4 Å². The Balaban J connectivity index is 0.000000405. The minimum atomic E-state index is -5.08. The van der Waals surface area contributed by atoms with Gasteiger partial charge in [0.05, 0.1) is 17.9 Å². The Morgan fingerprint density at radius 2 is 2.03 bits per heavy atom. The van der Waals surface area contributed by atoms with Crippen molar-refractivity contribution in [1.29, 1.82) is 0 Å². The zero-order valence-corrected chi connectivity index (χ0v) is 19.3. The average molecular weight is 526 g/mol. The number of aliphatic carboxylic acids is 1. The summed E-state index contributed by atoms with van der Waals surface area (Å²) in [4.78, 5) is 31.3. The Hall–Kier alpha value is -4.01. The van der Waals surface area contributed by atoms with Gasteiger partial charge in [-0.25, -0.2) is 28.5 Å². The van der Waals surface area contributed by atoms with Crippen LogP contribution in [0.5, 0.6) is 5.88 Å². The van der Waals surface area contributed by atoms with Crippen LogP contribution in [0, 0.1) is 11.7 Å². The number of fused-ring (bicyclic) bond motifs is 2. The number of nitrogens with two attached hydrogens (primary N) is 1. The Labute approximate surface area is 206 Å². The van der Waals surface area contributed by atoms with Gasteiger partial charge in [-0.2, -0.15) is 18.3 Å². The molecule has 3 aromatic heterocycles. The van der Waals surface area contributed by atoms with Crippen molar-refractivity contribution in [1.82, 2.24) is 19.6 Å². The van der Waals surface area contributed by atoms with Crippen LogP contribution < -0.4 is 15.4 Å². The SMILES string of the molecule is CC(N)COc1ncc(F)cc1C12CC1CCN2c1ccn2ncc(C(=O)O)c2n1.O=C(O)C(F)(F)F. The smallest absolute Gasteiger partial charge is 0.477 e. The lowest BCUT2D eigenvalue weighted by atomic mass is 10.0. The van der Waals surface area contributed by atoms with Crippen molar-refractivity contribution in [3.05, 3.63) is 47.7 Å². The number of carboxylic acids is 2. The number of pyridine rings is 1. The van der Waals surface area contributed by atoms with E-state index < -0.39 is 29.5 Å². The molecule has 2 aliphatic rings. The second-order valence-corrected chi connectivity index (χ2v) is 8.78. The summed E-state index contributed by atoms with van der Waals surface area (Å²) in [5, 5.41) is 20.6. The van der Waals surface area contributed by atoms with Gasteiger partial charge >= 0.3 is 18.1 Å². The number of nitrogens with zero attached hydrogens (tertiary/aromatic N) is 5. The molecule has 11 nitrogen and oxygen atoms in total. The third kappa shape index (κ3) is 4.98. The number of aromatic carboxylic acids is 1. The van der Waals surface area contributed by atoms with E-state index in [4.69, 9.17) is 20.4 Å². The first-order valence-corrected chi connectivity index (χ1v) is 11.0. The number of ether oxygens (including phenoxy) is 1. The van der Waals surface area contributed by atoms with Crippen molar-refractivity contribution in [2.75, 3.05) is 18.1 Å². The topological polar surface area (TPSA) is 156 Å². The van der Waals surface area contributed by atoms with Crippen molar-refractivity contribution in [2.24, 2.45) is 11.7 Å². The van der Waals surface area contributed by atoms with Crippen molar-refractivity contribution >= 4 is 23.4 Å². The lowest BCUT2D eigenvalue weighted by molar-refractivity contribution is -0.192. The fourth-order valence-corrected chi connectivity index (χ4v) is 4.49. The van der Waals surface area contributed by atoms with Crippen molar-refractivity contribution < 1.29 is 42.1 Å². The van der Waals surface area contributed by atoms with Crippen LogP contribution in [0.25, 0.3) is 5.65 Å². The van der Waals surface area contributed by atoms with E-state index in [1.54, 1.807) is 12.3 Å². The molecule has 0 aromatic carbocycles. The molecule has 1 saturated carbocycles. The highest BCUT2D eigenvalue weighted by Crippen LogP contribution is 2.64. The van der Waals surface area contributed by atoms with Crippen LogP contribution in [0.15, 0.2) is 30.7 Å². The largest absolute Gasteiger partial charge is 0.490 e. The van der Waals surface area contributed by atoms with Crippen molar-refractivity contribution in [3.8, 4) is 5.88 Å². The molecule has 0 amide bonds. The van der Waals surface area contributed by atoms with Crippen molar-refractivity contribution in [3.63, 3.8) is 0 Å². The molecule has 5 rings (SSSR count). The van der Waals surface area contributed by atoms with Gasteiger partial charge in [-0.05, 0) is 37.8 Å². The fourth-order valence-electron chi connectivity index (χ4n) is 4.49. The van der Waals surface area contributed by atoms with E-state index in [2.05, 4.69) is 20.0 Å². The van der Waals surface area contributed by atoms with Crippen LogP contribution in [0.3, 0.4) is 0 Å². The Kier molecular flexibility index (Phi) is 6.66. The Bertz CT molecular complexity index is 1350. The van der Waals surface area contributed by atoms with E-state index in [9.17, 15) is 27.5 Å². The van der Waals surface area contributed by atoms with Gasteiger partial charge in [-0.1, -0.05) is 0 Å². The molecule has 0 radical (unpaired) electrons. The van der Waals surface area contributed by atoms with E-state index in [0.717, 1.165) is 19.0 Å². The van der Waals surface area contributed by atoms with E-state index in [-0.39, 0.29) is 23.9 Å². The van der Waals surface area contributed by atoms with Gasteiger partial charge < -0.3 is 25.6 Å². The van der Waals surface area contributed by atoms with Crippen LogP contribution in [-0.2, 0) is 10.3 Å². The number of aromatic nitrogens is 4. The summed E-state index contributed by atoms with van der Waals surface area (Å²) in [6.45, 7) is 2.82. The number of carboxylic acid groups (broad SMARTS) is 2. The van der Waals surface area contributed by atoms with E-state index in [0.29, 0.717) is 29.7 Å². The summed E-state index contributed by atoms with van der Waals surface area (Å²) in [6, 6.07) is 3.09. The molecule has 4 heterocycles. The molecule has 15 heteroatoms. The molecule has 37 heavy (non-hydrogen) atoms. The Morgan fingerprint density at radius 1 is 1.32 bits per heavy atom. The van der Waals surface area contributed by atoms with Gasteiger partial charge in [0.25, 0.3) is 0 Å². The normalized spacial score (nSPS) is 21.1. The zero-order valence-electron chi connectivity index (χ0n) is 19.3. The molecule has 198 valence electrons. The third-order valence-corrected chi connectivity index (χ3v) is 6.13. The molecular formula is C22H22F4N6O5. The molecule has 2 fully saturated rings. The molecular weight excluding hydrogens is 504 g/mol. The highest BCUT2D eigenvalue weighted by molar-refractivity contribution is 5.94. The predicted molar refractivity (Wildman–Crippen MR) is 119 cm³/mol. The molecule has 3 unspecified atom stereocenters. The van der Waals surface area contributed by atoms with Crippen LogP contribution in [0.2, 0.25) is 0 Å². The summed E-state index contributed by atoms with van der Waals surface area (Å²) < 4.78 is 53.1. The molecule has 0 bridgehead atoms. The van der Waals surface area contributed by atoms with Gasteiger partial charge in [-0.15, -0.1) is 0 Å². The summed E-state index contributed by atoms with van der Waals surface area (Å²) in [5.74, 6) is -2.96. The maximum absolute atomic E-state index is 14.2. The van der Waals surface area contributed by atoms with Gasteiger partial charge in [-0.3, -0.25) is 0 Å². The maximum atomic E-state index is 14.2. The highest BCUT2D eigenvalue weighted by Gasteiger charge is 2.65. The number of hydrogen-bond donors (Lipinski definition) is 3. The molecule has 0 spiro atoms. The number of halogens is 4. The monoisotopic (exact) mass is 526 g/mol. The number of alkyl halides is 3. The minimum Gasteiger partial charge on any atom is -0.477 e. The second kappa shape index (κ2) is 9.46. The third-order valence-electron chi connectivity index (χ3n) is 6.13. The maximum Gasteiger partial charge on any atom is 0.490 e. The zero-order chi connectivity index (χ0) is 27.1. The standard InChI is InChI=1S/C20H21FN6O3.C2HF3O2/c1-11(22)10-30-18-15(6-13(21)8-23-18)20-7-12(20)2-4-26(20)16-3-5-27-17(25-16)14(9-24-27)19(28)29;3-2(4,5)1(6)7/h3,5-6,8-9,11-12H,2,4,7,10,22H2,1H3,(H,28,29);(H,6,7). The average Bonchev–Trinajstić information content (AvgIpc) is 3.19. The number of anilines is 1. The first-order valence-electron chi connectivity index (χ1n) is 11.0. The van der Waals surface area contributed by atoms with E-state index in [1.807, 2.05) is 6.92 Å². The number of hydrogen-bond acceptors (Lipinski definition) is 8. The summed E-state index contributed by atoms with van der Waals surface area (Å²) in [5.41, 5.74) is 6.32. The second-order valence-electron chi connectivity index (χ2n) is 8.78. The summed E-state index contributed by atoms with van der Waals surface area (Å²) >= 11 is 0. The first-order chi connectivity index (χ1) is 17.3. The van der Waals surface area contributed by atoms with E-state index >= 15 is 0 Å². The van der Waals surface area contributed by atoms with Crippen LogP contribution >= 0.6 is 0 Å². The van der Waals surface area contributed by atoms with Gasteiger partial charge in [0.15, 0.2) is 5.65 Å². The molecule has 1 saturated heterocycles. The highest BCUT2D eigenvalue weighted by atomic mass is 19.4. The Morgan fingerprint density at radius 3 is 2.62 bits per heavy atom. The van der Waals surface area contributed by atoms with E-state index in [1.165, 1.54) is 16.8 Å².